The second kappa shape index (κ2) is 3.72. The van der Waals surface area contributed by atoms with Crippen molar-refractivity contribution in [1.29, 1.82) is 0 Å². The number of nitrogens with one attached hydrogen (secondary N) is 1. The molecule has 1 aliphatic heterocycles. The van der Waals surface area contributed by atoms with Gasteiger partial charge < -0.3 is 10.1 Å². The molecule has 5 aliphatic rings. The standard InChI is InChI=1S/C13H17NO2.ClH/c1-16-13(15)12-11-7-3-2-6(8-4-9(7)8)10(11)5-14-12;/h2-3,6-12,14H,4-5H2,1H3;1H. The summed E-state index contributed by atoms with van der Waals surface area (Å²) in [5.41, 5.74) is 0. The molecule has 0 aromatic rings. The smallest absolute Gasteiger partial charge is 0.323 e. The lowest BCUT2D eigenvalue weighted by atomic mass is 9.62. The van der Waals surface area contributed by atoms with Crippen LogP contribution in [0.4, 0.5) is 0 Å². The van der Waals surface area contributed by atoms with Crippen molar-refractivity contribution < 1.29 is 9.53 Å². The maximum atomic E-state index is 11.8. The van der Waals surface area contributed by atoms with E-state index in [9.17, 15) is 4.79 Å². The van der Waals surface area contributed by atoms with Gasteiger partial charge in [0.15, 0.2) is 0 Å². The van der Waals surface area contributed by atoms with Gasteiger partial charge in [-0.25, -0.2) is 0 Å². The highest BCUT2D eigenvalue weighted by atomic mass is 35.5. The normalized spacial score (nSPS) is 52.4. The summed E-state index contributed by atoms with van der Waals surface area (Å²) in [6.45, 7) is 0.999. The quantitative estimate of drug-likeness (QED) is 0.566. The van der Waals surface area contributed by atoms with Gasteiger partial charge >= 0.3 is 5.97 Å². The number of hydrogen-bond acceptors (Lipinski definition) is 3. The molecule has 0 aromatic carbocycles. The molecule has 5 rings (SSSR count). The molecule has 1 saturated heterocycles. The maximum absolute atomic E-state index is 11.8. The molecule has 7 unspecified atom stereocenters. The molecule has 0 aromatic heterocycles. The van der Waals surface area contributed by atoms with Crippen molar-refractivity contribution in [2.75, 3.05) is 13.7 Å². The minimum Gasteiger partial charge on any atom is -0.468 e. The van der Waals surface area contributed by atoms with Gasteiger partial charge in [0.25, 0.3) is 0 Å². The number of hydrogen-bond donors (Lipinski definition) is 1. The molecular formula is C13H18ClNO2. The Kier molecular flexibility index (Phi) is 2.53. The van der Waals surface area contributed by atoms with Crippen LogP contribution in [0.3, 0.4) is 0 Å². The third-order valence-electron chi connectivity index (χ3n) is 5.28. The fourth-order valence-corrected chi connectivity index (χ4v) is 4.59. The maximum Gasteiger partial charge on any atom is 0.323 e. The Morgan fingerprint density at radius 2 is 1.94 bits per heavy atom. The molecule has 2 saturated carbocycles. The topological polar surface area (TPSA) is 38.3 Å². The number of carbonyl (C=O) groups is 1. The first-order chi connectivity index (χ1) is 7.81. The highest BCUT2D eigenvalue weighted by molar-refractivity contribution is 5.85. The molecule has 2 bridgehead atoms. The van der Waals surface area contributed by atoms with Gasteiger partial charge in [-0.15, -0.1) is 12.4 Å². The van der Waals surface area contributed by atoms with Gasteiger partial charge in [0.1, 0.15) is 6.04 Å². The molecule has 1 N–H and O–H groups in total. The molecule has 0 radical (unpaired) electrons. The number of esters is 1. The zero-order valence-corrected chi connectivity index (χ0v) is 10.7. The Hall–Kier alpha value is -0.540. The fourth-order valence-electron chi connectivity index (χ4n) is 4.59. The Balaban J connectivity index is 0.000000902. The van der Waals surface area contributed by atoms with Crippen LogP contribution in [0.1, 0.15) is 6.42 Å². The Labute approximate surface area is 107 Å². The van der Waals surface area contributed by atoms with E-state index in [1.165, 1.54) is 13.5 Å². The number of methoxy groups -OCH3 is 1. The van der Waals surface area contributed by atoms with Crippen LogP contribution >= 0.6 is 12.4 Å². The minimum atomic E-state index is -0.0642. The van der Waals surface area contributed by atoms with E-state index in [2.05, 4.69) is 17.5 Å². The van der Waals surface area contributed by atoms with Crippen LogP contribution < -0.4 is 5.32 Å². The predicted octanol–water partition coefficient (Wildman–Crippen LogP) is 1.24. The van der Waals surface area contributed by atoms with E-state index < -0.39 is 0 Å². The molecule has 4 heteroatoms. The number of halogens is 1. The van der Waals surface area contributed by atoms with E-state index >= 15 is 0 Å². The molecule has 3 fully saturated rings. The van der Waals surface area contributed by atoms with Crippen LogP contribution in [-0.4, -0.2) is 25.7 Å². The Morgan fingerprint density at radius 3 is 2.71 bits per heavy atom. The largest absolute Gasteiger partial charge is 0.468 e. The van der Waals surface area contributed by atoms with Crippen molar-refractivity contribution in [3.63, 3.8) is 0 Å². The second-order valence-corrected chi connectivity index (χ2v) is 5.75. The van der Waals surface area contributed by atoms with E-state index in [4.69, 9.17) is 4.74 Å². The number of carbonyl (C=O) groups excluding carboxylic acids is 1. The van der Waals surface area contributed by atoms with Crippen LogP contribution in [0.2, 0.25) is 0 Å². The van der Waals surface area contributed by atoms with Crippen LogP contribution in [-0.2, 0) is 9.53 Å². The van der Waals surface area contributed by atoms with E-state index in [1.807, 2.05) is 0 Å². The van der Waals surface area contributed by atoms with Crippen LogP contribution in [0.15, 0.2) is 12.2 Å². The Bertz CT molecular complexity index is 384. The molecule has 0 spiro atoms. The molecular weight excluding hydrogens is 238 g/mol. The third-order valence-corrected chi connectivity index (χ3v) is 5.28. The lowest BCUT2D eigenvalue weighted by molar-refractivity contribution is -0.144. The summed E-state index contributed by atoms with van der Waals surface area (Å²) in [5.74, 6) is 4.32. The van der Waals surface area contributed by atoms with Crippen molar-refractivity contribution in [1.82, 2.24) is 5.32 Å². The van der Waals surface area contributed by atoms with E-state index in [-0.39, 0.29) is 24.4 Å². The molecule has 7 atom stereocenters. The SMILES string of the molecule is COC(=O)C1NCC2C3C=CC(C4CC34)C12.Cl. The number of rotatable bonds is 1. The van der Waals surface area contributed by atoms with Gasteiger partial charge in [-0.1, -0.05) is 12.2 Å². The molecule has 0 amide bonds. The van der Waals surface area contributed by atoms with Crippen molar-refractivity contribution in [2.45, 2.75) is 12.5 Å². The molecule has 3 nitrogen and oxygen atoms in total. The zero-order chi connectivity index (χ0) is 10.9. The van der Waals surface area contributed by atoms with Crippen LogP contribution in [0, 0.1) is 35.5 Å². The molecule has 17 heavy (non-hydrogen) atoms. The minimum absolute atomic E-state index is 0. The highest BCUT2D eigenvalue weighted by Crippen LogP contribution is 2.65. The van der Waals surface area contributed by atoms with E-state index in [0.29, 0.717) is 17.8 Å². The van der Waals surface area contributed by atoms with Crippen LogP contribution in [0.25, 0.3) is 0 Å². The molecule has 1 heterocycles. The van der Waals surface area contributed by atoms with Gasteiger partial charge in [-0.05, 0) is 48.5 Å². The molecule has 94 valence electrons. The van der Waals surface area contributed by atoms with Gasteiger partial charge in [0.05, 0.1) is 7.11 Å². The van der Waals surface area contributed by atoms with Gasteiger partial charge in [-0.3, -0.25) is 4.79 Å². The lowest BCUT2D eigenvalue weighted by Gasteiger charge is -2.41. The third kappa shape index (κ3) is 1.36. The average Bonchev–Trinajstić information content (AvgIpc) is 3.02. The predicted molar refractivity (Wildman–Crippen MR) is 65.8 cm³/mol. The summed E-state index contributed by atoms with van der Waals surface area (Å²) in [4.78, 5) is 11.8. The monoisotopic (exact) mass is 255 g/mol. The van der Waals surface area contributed by atoms with Crippen LogP contribution in [0.5, 0.6) is 0 Å². The summed E-state index contributed by atoms with van der Waals surface area (Å²) < 4.78 is 4.91. The van der Waals surface area contributed by atoms with Crippen molar-refractivity contribution in [3.8, 4) is 0 Å². The number of allylic oxidation sites excluding steroid dienone is 2. The average molecular weight is 256 g/mol. The first kappa shape index (κ1) is 11.5. The Morgan fingerprint density at radius 1 is 1.24 bits per heavy atom. The first-order valence-electron chi connectivity index (χ1n) is 6.31. The van der Waals surface area contributed by atoms with Crippen molar-refractivity contribution >= 4 is 18.4 Å². The zero-order valence-electron chi connectivity index (χ0n) is 9.84. The summed E-state index contributed by atoms with van der Waals surface area (Å²) in [5, 5.41) is 3.38. The summed E-state index contributed by atoms with van der Waals surface area (Å²) in [7, 11) is 1.49. The highest BCUT2D eigenvalue weighted by Gasteiger charge is 2.63. The van der Waals surface area contributed by atoms with E-state index in [1.54, 1.807) is 0 Å². The van der Waals surface area contributed by atoms with E-state index in [0.717, 1.165) is 24.3 Å². The van der Waals surface area contributed by atoms with Gasteiger partial charge in [-0.2, -0.15) is 0 Å². The van der Waals surface area contributed by atoms with Gasteiger partial charge in [0, 0.05) is 0 Å². The first-order valence-corrected chi connectivity index (χ1v) is 6.31. The van der Waals surface area contributed by atoms with Gasteiger partial charge in [0.2, 0.25) is 0 Å². The fraction of sp³-hybridized carbons (Fsp3) is 0.769. The molecule has 4 aliphatic carbocycles. The lowest BCUT2D eigenvalue weighted by Crippen LogP contribution is -2.45. The van der Waals surface area contributed by atoms with Crippen molar-refractivity contribution in [3.05, 3.63) is 12.2 Å². The number of ether oxygens (including phenoxy) is 1. The summed E-state index contributed by atoms with van der Waals surface area (Å²) in [6.07, 6.45) is 6.19. The second-order valence-electron chi connectivity index (χ2n) is 5.75. The van der Waals surface area contributed by atoms with Crippen molar-refractivity contribution in [2.24, 2.45) is 35.5 Å². The summed E-state index contributed by atoms with van der Waals surface area (Å²) in [6, 6.07) is -0.0472. The summed E-state index contributed by atoms with van der Waals surface area (Å²) >= 11 is 0.